The monoisotopic (exact) mass is 218 g/mol. The third-order valence-electron chi connectivity index (χ3n) is 3.67. The summed E-state index contributed by atoms with van der Waals surface area (Å²) in [5.74, 6) is -0.0515. The van der Waals surface area contributed by atoms with Gasteiger partial charge in [0, 0.05) is 0 Å². The van der Waals surface area contributed by atoms with Crippen LogP contribution in [0.15, 0.2) is 30.3 Å². The van der Waals surface area contributed by atoms with Crippen molar-refractivity contribution in [1.29, 1.82) is 0 Å². The molecule has 1 aliphatic carbocycles. The molecule has 0 aliphatic heterocycles. The summed E-state index contributed by atoms with van der Waals surface area (Å²) in [7, 11) is 0. The van der Waals surface area contributed by atoms with Gasteiger partial charge in [0.15, 0.2) is 0 Å². The van der Waals surface area contributed by atoms with Gasteiger partial charge in [-0.25, -0.2) is 0 Å². The molecule has 0 spiro atoms. The van der Waals surface area contributed by atoms with E-state index < -0.39 is 11.4 Å². The number of carboxylic acid groups (broad SMARTS) is 1. The number of aliphatic carboxylic acids is 1. The third kappa shape index (κ3) is 1.97. The molecule has 0 radical (unpaired) electrons. The predicted octanol–water partition coefficient (Wildman–Crippen LogP) is 3.22. The molecule has 2 nitrogen and oxygen atoms in total. The summed E-state index contributed by atoms with van der Waals surface area (Å²) < 4.78 is 0. The highest BCUT2D eigenvalue weighted by Crippen LogP contribution is 2.44. The molecular weight excluding hydrogens is 200 g/mol. The maximum atomic E-state index is 11.6. The molecule has 2 rings (SSSR count). The van der Waals surface area contributed by atoms with Crippen molar-refractivity contribution in [3.05, 3.63) is 35.9 Å². The second-order valence-corrected chi connectivity index (χ2v) is 4.75. The Bertz CT molecular complexity index is 368. The lowest BCUT2D eigenvalue weighted by atomic mass is 9.74. The van der Waals surface area contributed by atoms with Gasteiger partial charge in [0.05, 0.1) is 5.41 Å². The summed E-state index contributed by atoms with van der Waals surface area (Å²) in [5.41, 5.74) is 0.291. The van der Waals surface area contributed by atoms with E-state index >= 15 is 0 Å². The number of benzene rings is 1. The second-order valence-electron chi connectivity index (χ2n) is 4.75. The minimum absolute atomic E-state index is 0.622. The van der Waals surface area contributed by atoms with Crippen LogP contribution >= 0.6 is 0 Å². The van der Waals surface area contributed by atoms with Gasteiger partial charge in [-0.15, -0.1) is 0 Å². The maximum absolute atomic E-state index is 11.6. The molecule has 0 saturated heterocycles. The van der Waals surface area contributed by atoms with E-state index in [1.54, 1.807) is 0 Å². The first-order valence-electron chi connectivity index (χ1n) is 5.98. The Hall–Kier alpha value is -1.31. The average molecular weight is 218 g/mol. The fourth-order valence-electron chi connectivity index (χ4n) is 2.40. The predicted molar refractivity (Wildman–Crippen MR) is 63.4 cm³/mol. The first-order valence-corrected chi connectivity index (χ1v) is 5.98. The number of hydrogen-bond donors (Lipinski definition) is 1. The molecule has 1 aromatic carbocycles. The molecule has 0 amide bonds. The molecule has 1 fully saturated rings. The molecule has 86 valence electrons. The van der Waals surface area contributed by atoms with Crippen LogP contribution in [0, 0.1) is 5.92 Å². The Morgan fingerprint density at radius 3 is 2.44 bits per heavy atom. The molecule has 1 saturated carbocycles. The molecule has 0 aromatic heterocycles. The fourth-order valence-corrected chi connectivity index (χ4v) is 2.40. The zero-order valence-electron chi connectivity index (χ0n) is 9.65. The molecule has 1 N–H and O–H groups in total. The van der Waals surface area contributed by atoms with Crippen LogP contribution in [0.1, 0.15) is 38.2 Å². The summed E-state index contributed by atoms with van der Waals surface area (Å²) in [6.45, 7) is 1.98. The van der Waals surface area contributed by atoms with E-state index in [1.807, 2.05) is 37.3 Å². The van der Waals surface area contributed by atoms with Crippen molar-refractivity contribution in [2.45, 2.75) is 38.0 Å². The first kappa shape index (κ1) is 11.2. The summed E-state index contributed by atoms with van der Waals surface area (Å²) in [5, 5.41) is 9.55. The largest absolute Gasteiger partial charge is 0.481 e. The van der Waals surface area contributed by atoms with Crippen molar-refractivity contribution in [3.63, 3.8) is 0 Å². The number of rotatable bonds is 5. The van der Waals surface area contributed by atoms with Crippen molar-refractivity contribution < 1.29 is 9.90 Å². The van der Waals surface area contributed by atoms with Gasteiger partial charge < -0.3 is 5.11 Å². The van der Waals surface area contributed by atoms with E-state index in [0.29, 0.717) is 12.3 Å². The fraction of sp³-hybridized carbons (Fsp3) is 0.500. The topological polar surface area (TPSA) is 37.3 Å². The SMILES string of the molecule is CCC(CC1CC1)(C(=O)O)c1ccccc1. The lowest BCUT2D eigenvalue weighted by Gasteiger charge is -2.28. The molecule has 2 heteroatoms. The lowest BCUT2D eigenvalue weighted by molar-refractivity contribution is -0.144. The zero-order valence-corrected chi connectivity index (χ0v) is 9.65. The quantitative estimate of drug-likeness (QED) is 0.824. The van der Waals surface area contributed by atoms with E-state index in [2.05, 4.69) is 0 Å². The smallest absolute Gasteiger partial charge is 0.314 e. The first-order chi connectivity index (χ1) is 7.69. The van der Waals surface area contributed by atoms with Crippen molar-refractivity contribution >= 4 is 5.97 Å². The molecule has 0 heterocycles. The van der Waals surface area contributed by atoms with Crippen LogP contribution in [-0.4, -0.2) is 11.1 Å². The molecule has 0 bridgehead atoms. The standard InChI is InChI=1S/C14H18O2/c1-2-14(13(15)16,10-11-8-9-11)12-6-4-3-5-7-12/h3-7,11H,2,8-10H2,1H3,(H,15,16). The van der Waals surface area contributed by atoms with Crippen LogP contribution in [0.3, 0.4) is 0 Å². The molecule has 1 aromatic rings. The lowest BCUT2D eigenvalue weighted by Crippen LogP contribution is -2.35. The molecular formula is C14H18O2. The molecule has 16 heavy (non-hydrogen) atoms. The van der Waals surface area contributed by atoms with E-state index in [-0.39, 0.29) is 0 Å². The van der Waals surface area contributed by atoms with E-state index in [0.717, 1.165) is 12.0 Å². The normalized spacial score (nSPS) is 19.1. The van der Waals surface area contributed by atoms with Crippen molar-refractivity contribution in [2.75, 3.05) is 0 Å². The Balaban J connectivity index is 2.35. The summed E-state index contributed by atoms with van der Waals surface area (Å²) in [6.07, 6.45) is 3.86. The Labute approximate surface area is 96.3 Å². The van der Waals surface area contributed by atoms with Gasteiger partial charge in [-0.1, -0.05) is 50.1 Å². The van der Waals surface area contributed by atoms with Crippen molar-refractivity contribution in [3.8, 4) is 0 Å². The average Bonchev–Trinajstić information content (AvgIpc) is 3.10. The molecule has 1 atom stereocenters. The number of hydrogen-bond acceptors (Lipinski definition) is 1. The van der Waals surface area contributed by atoms with E-state index in [4.69, 9.17) is 0 Å². The summed E-state index contributed by atoms with van der Waals surface area (Å²) in [6, 6.07) is 9.67. The third-order valence-corrected chi connectivity index (χ3v) is 3.67. The minimum atomic E-state index is -0.673. The van der Waals surface area contributed by atoms with E-state index in [9.17, 15) is 9.90 Å². The van der Waals surface area contributed by atoms with Gasteiger partial charge in [0.25, 0.3) is 0 Å². The number of carbonyl (C=O) groups is 1. The Kier molecular flexibility index (Phi) is 2.99. The zero-order chi connectivity index (χ0) is 11.6. The van der Waals surface area contributed by atoms with Crippen LogP contribution in [0.4, 0.5) is 0 Å². The van der Waals surface area contributed by atoms with Gasteiger partial charge in [-0.3, -0.25) is 4.79 Å². The molecule has 1 unspecified atom stereocenters. The van der Waals surface area contributed by atoms with Gasteiger partial charge >= 0.3 is 5.97 Å². The van der Waals surface area contributed by atoms with Gasteiger partial charge in [-0.05, 0) is 24.3 Å². The van der Waals surface area contributed by atoms with Gasteiger partial charge in [-0.2, -0.15) is 0 Å². The van der Waals surface area contributed by atoms with Crippen molar-refractivity contribution in [2.24, 2.45) is 5.92 Å². The highest BCUT2D eigenvalue weighted by Gasteiger charge is 2.42. The number of carboxylic acids is 1. The van der Waals surface area contributed by atoms with Crippen molar-refractivity contribution in [1.82, 2.24) is 0 Å². The second kappa shape index (κ2) is 4.28. The Morgan fingerprint density at radius 2 is 2.00 bits per heavy atom. The van der Waals surface area contributed by atoms with E-state index in [1.165, 1.54) is 12.8 Å². The minimum Gasteiger partial charge on any atom is -0.481 e. The van der Waals surface area contributed by atoms with Crippen LogP contribution in [0.5, 0.6) is 0 Å². The highest BCUT2D eigenvalue weighted by molar-refractivity contribution is 5.81. The van der Waals surface area contributed by atoms with Gasteiger partial charge in [0.1, 0.15) is 0 Å². The maximum Gasteiger partial charge on any atom is 0.314 e. The van der Waals surface area contributed by atoms with Crippen LogP contribution in [0.25, 0.3) is 0 Å². The Morgan fingerprint density at radius 1 is 1.38 bits per heavy atom. The van der Waals surface area contributed by atoms with Crippen LogP contribution < -0.4 is 0 Å². The summed E-state index contributed by atoms with van der Waals surface area (Å²) >= 11 is 0. The van der Waals surface area contributed by atoms with Crippen LogP contribution in [0.2, 0.25) is 0 Å². The van der Waals surface area contributed by atoms with Gasteiger partial charge in [0.2, 0.25) is 0 Å². The van der Waals surface area contributed by atoms with Crippen LogP contribution in [-0.2, 0) is 10.2 Å². The molecule has 1 aliphatic rings. The summed E-state index contributed by atoms with van der Waals surface area (Å²) in [4.78, 5) is 11.6. The highest BCUT2D eigenvalue weighted by atomic mass is 16.4.